The molecule has 11 nitrogen and oxygen atoms in total. The number of benzene rings is 4. The normalized spacial score (nSPS) is 28.5. The molecular weight excluding hydrogens is 692 g/mol. The fourth-order valence-corrected chi connectivity index (χ4v) is 6.90. The zero-order valence-corrected chi connectivity index (χ0v) is 31.1. The predicted octanol–water partition coefficient (Wildman–Crippen LogP) is 5.46. The number of aliphatic hydroxyl groups excluding tert-OH is 1. The Morgan fingerprint density at radius 1 is 0.426 bits per heavy atom. The van der Waals surface area contributed by atoms with Gasteiger partial charge in [-0.2, -0.15) is 0 Å². The van der Waals surface area contributed by atoms with Crippen LogP contribution in [0.1, 0.15) is 22.3 Å². The Morgan fingerprint density at radius 3 is 1.33 bits per heavy atom. The molecule has 11 heteroatoms. The van der Waals surface area contributed by atoms with Crippen LogP contribution in [0.4, 0.5) is 0 Å². The van der Waals surface area contributed by atoms with Crippen molar-refractivity contribution in [2.45, 2.75) is 87.8 Å². The molecule has 54 heavy (non-hydrogen) atoms. The average Bonchev–Trinajstić information content (AvgIpc) is 3.22. The smallest absolute Gasteiger partial charge is 0.187 e. The van der Waals surface area contributed by atoms with E-state index in [0.29, 0.717) is 19.8 Å². The van der Waals surface area contributed by atoms with Gasteiger partial charge in [0.2, 0.25) is 0 Å². The van der Waals surface area contributed by atoms with E-state index < -0.39 is 61.4 Å². The van der Waals surface area contributed by atoms with Gasteiger partial charge in [-0.3, -0.25) is 0 Å². The summed E-state index contributed by atoms with van der Waals surface area (Å²) in [6.07, 6.45) is -7.63. The third-order valence-electron chi connectivity index (χ3n) is 9.69. The molecule has 0 amide bonds. The maximum absolute atomic E-state index is 10.8. The summed E-state index contributed by atoms with van der Waals surface area (Å²) in [7, 11) is 4.59. The molecule has 2 heterocycles. The van der Waals surface area contributed by atoms with E-state index in [2.05, 4.69) is 0 Å². The van der Waals surface area contributed by atoms with Crippen molar-refractivity contribution in [1.29, 1.82) is 0 Å². The first kappa shape index (κ1) is 40.1. The molecular formula is C43H52O11. The largest absolute Gasteiger partial charge is 0.376 e. The molecule has 0 radical (unpaired) electrons. The fraction of sp³-hybridized carbons (Fsp3) is 0.442. The number of hydrogen-bond acceptors (Lipinski definition) is 11. The van der Waals surface area contributed by atoms with E-state index in [0.717, 1.165) is 22.3 Å². The van der Waals surface area contributed by atoms with E-state index in [1.165, 1.54) is 7.11 Å². The fourth-order valence-electron chi connectivity index (χ4n) is 6.90. The van der Waals surface area contributed by atoms with Gasteiger partial charge in [-0.25, -0.2) is 0 Å². The van der Waals surface area contributed by atoms with E-state index in [1.54, 1.807) is 14.2 Å². The first-order chi connectivity index (χ1) is 26.6. The summed E-state index contributed by atoms with van der Waals surface area (Å²) in [5, 5.41) is 10.8. The van der Waals surface area contributed by atoms with Crippen LogP contribution in [0.3, 0.4) is 0 Å². The van der Waals surface area contributed by atoms with Crippen molar-refractivity contribution in [2.75, 3.05) is 34.5 Å². The molecule has 0 spiro atoms. The molecule has 2 aliphatic heterocycles. The lowest BCUT2D eigenvalue weighted by atomic mass is 9.97. The van der Waals surface area contributed by atoms with Crippen LogP contribution in [0.5, 0.6) is 0 Å². The predicted molar refractivity (Wildman–Crippen MR) is 199 cm³/mol. The third-order valence-corrected chi connectivity index (χ3v) is 9.69. The van der Waals surface area contributed by atoms with Crippen molar-refractivity contribution in [1.82, 2.24) is 0 Å². The van der Waals surface area contributed by atoms with Crippen LogP contribution in [0.25, 0.3) is 0 Å². The molecule has 4 aromatic rings. The van der Waals surface area contributed by atoms with Gasteiger partial charge in [-0.15, -0.1) is 0 Å². The quantitative estimate of drug-likeness (QED) is 0.132. The minimum Gasteiger partial charge on any atom is -0.376 e. The molecule has 2 aliphatic rings. The molecule has 290 valence electrons. The highest BCUT2D eigenvalue weighted by Crippen LogP contribution is 2.33. The third kappa shape index (κ3) is 10.8. The van der Waals surface area contributed by atoms with Gasteiger partial charge in [0.1, 0.15) is 48.8 Å². The second kappa shape index (κ2) is 20.9. The van der Waals surface area contributed by atoms with Crippen LogP contribution in [0.2, 0.25) is 0 Å². The molecule has 10 atom stereocenters. The van der Waals surface area contributed by atoms with Crippen LogP contribution in [0, 0.1) is 0 Å². The first-order valence-corrected chi connectivity index (χ1v) is 18.3. The first-order valence-electron chi connectivity index (χ1n) is 18.3. The van der Waals surface area contributed by atoms with Gasteiger partial charge >= 0.3 is 0 Å². The molecule has 6 unspecified atom stereocenters. The van der Waals surface area contributed by atoms with Crippen molar-refractivity contribution in [3.05, 3.63) is 144 Å². The summed E-state index contributed by atoms with van der Waals surface area (Å²) >= 11 is 0. The standard InChI is InChI=1S/C43H52O11/c1-45-36-35(53-42(44)40(47-3)38(36)46-2)29-52-43-41(51-27-33-22-14-7-15-23-33)39(50-26-32-20-12-6-13-21-32)37(49-25-31-18-10-5-11-19-31)34(54-43)28-48-24-30-16-8-4-9-17-30/h4-23,34-44H,24-29H2,1-3H3/t34?,35?,36-,37+,38?,39?,40?,41?,42+,43-/m1/s1. The summed E-state index contributed by atoms with van der Waals surface area (Å²) in [6.45, 7) is 1.41. The maximum Gasteiger partial charge on any atom is 0.187 e. The molecule has 0 saturated carbocycles. The topological polar surface area (TPSA) is 113 Å². The number of ether oxygens (including phenoxy) is 10. The van der Waals surface area contributed by atoms with E-state index in [4.69, 9.17) is 47.4 Å². The summed E-state index contributed by atoms with van der Waals surface area (Å²) in [5.74, 6) is 0. The SMILES string of the molecule is COC1C(OC)[C@@H](O)OC(CO[C@@H]2OC(COCc3ccccc3)[C@H](OCc3ccccc3)C(OCc3ccccc3)C2OCc2ccccc2)[C@H]1OC. The van der Waals surface area contributed by atoms with Crippen molar-refractivity contribution in [2.24, 2.45) is 0 Å². The lowest BCUT2D eigenvalue weighted by Gasteiger charge is -2.47. The molecule has 4 aromatic carbocycles. The van der Waals surface area contributed by atoms with Gasteiger partial charge in [-0.05, 0) is 22.3 Å². The van der Waals surface area contributed by atoms with Crippen LogP contribution in [-0.4, -0.2) is 101 Å². The molecule has 0 aromatic heterocycles. The maximum atomic E-state index is 10.8. The van der Waals surface area contributed by atoms with Crippen molar-refractivity contribution in [3.8, 4) is 0 Å². The van der Waals surface area contributed by atoms with Crippen molar-refractivity contribution >= 4 is 0 Å². The highest BCUT2D eigenvalue weighted by Gasteiger charge is 2.51. The van der Waals surface area contributed by atoms with Gasteiger partial charge in [0.25, 0.3) is 0 Å². The van der Waals surface area contributed by atoms with Crippen LogP contribution >= 0.6 is 0 Å². The van der Waals surface area contributed by atoms with Gasteiger partial charge in [0, 0.05) is 21.3 Å². The minimum atomic E-state index is -1.27. The Morgan fingerprint density at radius 2 is 0.852 bits per heavy atom. The van der Waals surface area contributed by atoms with Gasteiger partial charge in [-0.1, -0.05) is 121 Å². The Hall–Kier alpha value is -3.56. The van der Waals surface area contributed by atoms with Gasteiger partial charge in [0.05, 0.1) is 39.6 Å². The Kier molecular flexibility index (Phi) is 15.6. The zero-order chi connectivity index (χ0) is 37.5. The summed E-state index contributed by atoms with van der Waals surface area (Å²) in [5.41, 5.74) is 4.00. The van der Waals surface area contributed by atoms with Gasteiger partial charge in [0.15, 0.2) is 12.6 Å². The van der Waals surface area contributed by atoms with Crippen molar-refractivity contribution < 1.29 is 52.5 Å². The molecule has 0 bridgehead atoms. The monoisotopic (exact) mass is 744 g/mol. The zero-order valence-electron chi connectivity index (χ0n) is 31.1. The van der Waals surface area contributed by atoms with E-state index >= 15 is 0 Å². The number of methoxy groups -OCH3 is 3. The second-order valence-electron chi connectivity index (χ2n) is 13.3. The Bertz CT molecular complexity index is 1600. The molecule has 1 N–H and O–H groups in total. The summed E-state index contributed by atoms with van der Waals surface area (Å²) < 4.78 is 63.0. The lowest BCUT2D eigenvalue weighted by Crippen LogP contribution is -2.63. The number of hydrogen-bond donors (Lipinski definition) is 1. The highest BCUT2D eigenvalue weighted by molar-refractivity contribution is 5.16. The van der Waals surface area contributed by atoms with Crippen LogP contribution in [0.15, 0.2) is 121 Å². The molecule has 2 fully saturated rings. The Balaban J connectivity index is 1.31. The molecule has 6 rings (SSSR count). The summed E-state index contributed by atoms with van der Waals surface area (Å²) in [4.78, 5) is 0. The van der Waals surface area contributed by atoms with E-state index in [1.807, 2.05) is 121 Å². The number of aliphatic hydroxyl groups is 1. The lowest BCUT2D eigenvalue weighted by molar-refractivity contribution is -0.345. The second-order valence-corrected chi connectivity index (χ2v) is 13.3. The van der Waals surface area contributed by atoms with Gasteiger partial charge < -0.3 is 52.5 Å². The highest BCUT2D eigenvalue weighted by atomic mass is 16.7. The minimum absolute atomic E-state index is 0.0275. The van der Waals surface area contributed by atoms with E-state index in [-0.39, 0.29) is 19.8 Å². The van der Waals surface area contributed by atoms with Crippen molar-refractivity contribution in [3.63, 3.8) is 0 Å². The molecule has 0 aliphatic carbocycles. The van der Waals surface area contributed by atoms with Crippen LogP contribution < -0.4 is 0 Å². The number of rotatable bonds is 19. The molecule has 2 saturated heterocycles. The van der Waals surface area contributed by atoms with Crippen LogP contribution in [-0.2, 0) is 73.8 Å². The average molecular weight is 745 g/mol. The Labute approximate surface area is 317 Å². The van der Waals surface area contributed by atoms with E-state index in [9.17, 15) is 5.11 Å². The summed E-state index contributed by atoms with van der Waals surface area (Å²) in [6, 6.07) is 39.8.